The first kappa shape index (κ1) is 18.4. The SMILES string of the molecule is CCC[C@H](C(C)=O)[C@H](Cc1cnc(N2CCOCC2)nc1)c1nnn[nH]1. The molecule has 26 heavy (non-hydrogen) atoms. The lowest BCUT2D eigenvalue weighted by atomic mass is 9.81. The van der Waals surface area contributed by atoms with Crippen LogP contribution in [0.4, 0.5) is 5.95 Å². The van der Waals surface area contributed by atoms with Crippen molar-refractivity contribution in [2.45, 2.75) is 39.0 Å². The minimum absolute atomic E-state index is 0.111. The molecular formula is C17H25N7O2. The van der Waals surface area contributed by atoms with Crippen LogP contribution < -0.4 is 4.90 Å². The monoisotopic (exact) mass is 359 g/mol. The van der Waals surface area contributed by atoms with Crippen molar-refractivity contribution in [2.24, 2.45) is 5.92 Å². The van der Waals surface area contributed by atoms with Crippen LogP contribution in [0.25, 0.3) is 0 Å². The number of carbonyl (C=O) groups excluding carboxylic acids is 1. The van der Waals surface area contributed by atoms with Gasteiger partial charge in [0.05, 0.1) is 13.2 Å². The molecule has 0 aromatic carbocycles. The highest BCUT2D eigenvalue weighted by molar-refractivity contribution is 5.79. The molecule has 0 spiro atoms. The summed E-state index contributed by atoms with van der Waals surface area (Å²) in [5.74, 6) is 1.26. The van der Waals surface area contributed by atoms with Crippen molar-refractivity contribution < 1.29 is 9.53 Å². The van der Waals surface area contributed by atoms with Gasteiger partial charge in [0.25, 0.3) is 0 Å². The fourth-order valence-corrected chi connectivity index (χ4v) is 3.39. The molecule has 1 fully saturated rings. The third-order valence-electron chi connectivity index (χ3n) is 4.76. The molecule has 0 bridgehead atoms. The van der Waals surface area contributed by atoms with Gasteiger partial charge in [0, 0.05) is 37.3 Å². The molecule has 3 heterocycles. The molecule has 0 amide bonds. The molecule has 1 aliphatic heterocycles. The summed E-state index contributed by atoms with van der Waals surface area (Å²) in [5, 5.41) is 14.2. The van der Waals surface area contributed by atoms with Crippen LogP contribution in [-0.4, -0.2) is 62.7 Å². The highest BCUT2D eigenvalue weighted by atomic mass is 16.5. The summed E-state index contributed by atoms with van der Waals surface area (Å²) in [7, 11) is 0. The number of hydrogen-bond acceptors (Lipinski definition) is 8. The third kappa shape index (κ3) is 4.40. The van der Waals surface area contributed by atoms with E-state index < -0.39 is 0 Å². The van der Waals surface area contributed by atoms with Crippen molar-refractivity contribution in [3.05, 3.63) is 23.8 Å². The number of carbonyl (C=O) groups is 1. The molecular weight excluding hydrogens is 334 g/mol. The second-order valence-corrected chi connectivity index (χ2v) is 6.59. The van der Waals surface area contributed by atoms with E-state index in [2.05, 4.69) is 42.4 Å². The summed E-state index contributed by atoms with van der Waals surface area (Å²) in [6.45, 7) is 6.70. The number of morpholine rings is 1. The molecule has 0 aliphatic carbocycles. The van der Waals surface area contributed by atoms with E-state index in [0.717, 1.165) is 31.5 Å². The average Bonchev–Trinajstić information content (AvgIpc) is 3.20. The minimum Gasteiger partial charge on any atom is -0.378 e. The standard InChI is InChI=1S/C17H25N7O2/c1-3-4-14(12(2)25)15(16-20-22-23-21-16)9-13-10-18-17(19-11-13)24-5-7-26-8-6-24/h10-11,14-15H,3-9H2,1-2H3,(H,20,21,22,23)/t14-,15+/m1/s1. The number of ketones is 1. The maximum atomic E-state index is 12.2. The number of hydrogen-bond donors (Lipinski definition) is 1. The van der Waals surface area contributed by atoms with Crippen LogP contribution in [0, 0.1) is 5.92 Å². The van der Waals surface area contributed by atoms with Crippen molar-refractivity contribution in [3.8, 4) is 0 Å². The van der Waals surface area contributed by atoms with Crippen LogP contribution in [-0.2, 0) is 16.0 Å². The van der Waals surface area contributed by atoms with Gasteiger partial charge in [-0.25, -0.2) is 15.1 Å². The number of nitrogens with zero attached hydrogens (tertiary/aromatic N) is 6. The predicted octanol–water partition coefficient (Wildman–Crippen LogP) is 1.16. The molecule has 2 atom stereocenters. The van der Waals surface area contributed by atoms with Crippen molar-refractivity contribution in [2.75, 3.05) is 31.2 Å². The van der Waals surface area contributed by atoms with Crippen molar-refractivity contribution in [3.63, 3.8) is 0 Å². The largest absolute Gasteiger partial charge is 0.378 e. The van der Waals surface area contributed by atoms with Gasteiger partial charge in [-0.05, 0) is 35.8 Å². The molecule has 3 rings (SSSR count). The fraction of sp³-hybridized carbons (Fsp3) is 0.647. The molecule has 9 heteroatoms. The Hall–Kier alpha value is -2.42. The van der Waals surface area contributed by atoms with Gasteiger partial charge in [-0.3, -0.25) is 4.79 Å². The lowest BCUT2D eigenvalue weighted by Gasteiger charge is -2.27. The average molecular weight is 359 g/mol. The molecule has 1 N–H and O–H groups in total. The Kier molecular flexibility index (Phi) is 6.21. The van der Waals surface area contributed by atoms with Crippen LogP contribution in [0.15, 0.2) is 12.4 Å². The number of aromatic nitrogens is 6. The molecule has 0 radical (unpaired) electrons. The third-order valence-corrected chi connectivity index (χ3v) is 4.76. The molecule has 1 aliphatic rings. The van der Waals surface area contributed by atoms with E-state index in [0.29, 0.717) is 31.4 Å². The number of rotatable bonds is 8. The summed E-state index contributed by atoms with van der Waals surface area (Å²) >= 11 is 0. The first-order valence-corrected chi connectivity index (χ1v) is 9.06. The quantitative estimate of drug-likeness (QED) is 0.747. The number of nitrogens with one attached hydrogen (secondary N) is 1. The van der Waals surface area contributed by atoms with E-state index in [1.807, 2.05) is 12.4 Å². The second-order valence-electron chi connectivity index (χ2n) is 6.59. The van der Waals surface area contributed by atoms with Gasteiger partial charge >= 0.3 is 0 Å². The van der Waals surface area contributed by atoms with Crippen molar-refractivity contribution in [1.82, 2.24) is 30.6 Å². The summed E-state index contributed by atoms with van der Waals surface area (Å²) in [4.78, 5) is 23.3. The molecule has 9 nitrogen and oxygen atoms in total. The number of anilines is 1. The van der Waals surface area contributed by atoms with E-state index in [-0.39, 0.29) is 17.6 Å². The van der Waals surface area contributed by atoms with E-state index in [1.165, 1.54) is 0 Å². The Morgan fingerprint density at radius 3 is 2.62 bits per heavy atom. The topological polar surface area (TPSA) is 110 Å². The summed E-state index contributed by atoms with van der Waals surface area (Å²) in [6.07, 6.45) is 6.00. The van der Waals surface area contributed by atoms with Gasteiger partial charge in [-0.15, -0.1) is 5.10 Å². The number of Topliss-reactive ketones (excluding diaryl/α,β-unsaturated/α-hetero) is 1. The highest BCUT2D eigenvalue weighted by Crippen LogP contribution is 2.30. The van der Waals surface area contributed by atoms with E-state index in [9.17, 15) is 4.79 Å². The smallest absolute Gasteiger partial charge is 0.225 e. The predicted molar refractivity (Wildman–Crippen MR) is 94.8 cm³/mol. The van der Waals surface area contributed by atoms with Crippen molar-refractivity contribution in [1.29, 1.82) is 0 Å². The van der Waals surface area contributed by atoms with Crippen LogP contribution in [0.5, 0.6) is 0 Å². The Labute approximate surface area is 152 Å². The molecule has 2 aromatic rings. The Morgan fingerprint density at radius 1 is 1.31 bits per heavy atom. The molecule has 0 saturated carbocycles. The zero-order chi connectivity index (χ0) is 18.4. The molecule has 0 unspecified atom stereocenters. The highest BCUT2D eigenvalue weighted by Gasteiger charge is 2.29. The molecule has 140 valence electrons. The van der Waals surface area contributed by atoms with Crippen molar-refractivity contribution >= 4 is 11.7 Å². The van der Waals surface area contributed by atoms with Crippen LogP contribution >= 0.6 is 0 Å². The fourth-order valence-electron chi connectivity index (χ4n) is 3.39. The Morgan fingerprint density at radius 2 is 2.04 bits per heavy atom. The first-order chi connectivity index (χ1) is 12.7. The maximum absolute atomic E-state index is 12.2. The minimum atomic E-state index is -0.131. The zero-order valence-electron chi connectivity index (χ0n) is 15.3. The number of tetrazole rings is 1. The van der Waals surface area contributed by atoms with Gasteiger partial charge in [0.2, 0.25) is 5.95 Å². The summed E-state index contributed by atoms with van der Waals surface area (Å²) in [5.41, 5.74) is 0.964. The van der Waals surface area contributed by atoms with Gasteiger partial charge in [0.15, 0.2) is 5.82 Å². The Bertz CT molecular complexity index is 684. The number of ether oxygens (including phenoxy) is 1. The van der Waals surface area contributed by atoms with Gasteiger partial charge in [-0.2, -0.15) is 0 Å². The van der Waals surface area contributed by atoms with Gasteiger partial charge in [-0.1, -0.05) is 13.3 Å². The normalized spacial score (nSPS) is 17.1. The van der Waals surface area contributed by atoms with Crippen LogP contribution in [0.1, 0.15) is 44.0 Å². The van der Waals surface area contributed by atoms with Crippen LogP contribution in [0.3, 0.4) is 0 Å². The lowest BCUT2D eigenvalue weighted by molar-refractivity contribution is -0.121. The maximum Gasteiger partial charge on any atom is 0.225 e. The van der Waals surface area contributed by atoms with Gasteiger partial charge in [0.1, 0.15) is 5.78 Å². The molecule has 2 aromatic heterocycles. The van der Waals surface area contributed by atoms with E-state index >= 15 is 0 Å². The van der Waals surface area contributed by atoms with E-state index in [1.54, 1.807) is 6.92 Å². The summed E-state index contributed by atoms with van der Waals surface area (Å²) < 4.78 is 5.36. The number of H-pyrrole nitrogens is 1. The Balaban J connectivity index is 1.77. The second kappa shape index (κ2) is 8.79. The molecule has 1 saturated heterocycles. The number of aromatic amines is 1. The zero-order valence-corrected chi connectivity index (χ0v) is 15.3. The van der Waals surface area contributed by atoms with Gasteiger partial charge < -0.3 is 9.64 Å². The lowest BCUT2D eigenvalue weighted by Crippen LogP contribution is -2.37. The van der Waals surface area contributed by atoms with Crippen LogP contribution in [0.2, 0.25) is 0 Å². The van der Waals surface area contributed by atoms with E-state index in [4.69, 9.17) is 4.74 Å². The summed E-state index contributed by atoms with van der Waals surface area (Å²) in [6, 6.07) is 0. The first-order valence-electron chi connectivity index (χ1n) is 9.06.